The first-order valence-electron chi connectivity index (χ1n) is 15.5. The van der Waals surface area contributed by atoms with Crippen molar-refractivity contribution in [2.75, 3.05) is 34.0 Å². The molecule has 0 saturated heterocycles. The predicted molar refractivity (Wildman–Crippen MR) is 179 cm³/mol. The van der Waals surface area contributed by atoms with E-state index in [0.717, 1.165) is 5.56 Å². The van der Waals surface area contributed by atoms with Crippen LogP contribution in [0.15, 0.2) is 77.0 Å². The van der Waals surface area contributed by atoms with Crippen LogP contribution in [0.2, 0.25) is 0 Å². The average molecular weight is 677 g/mol. The van der Waals surface area contributed by atoms with Gasteiger partial charge >= 0.3 is 18.0 Å². The van der Waals surface area contributed by atoms with E-state index < -0.39 is 24.3 Å². The van der Waals surface area contributed by atoms with Crippen molar-refractivity contribution in [1.29, 1.82) is 0 Å². The van der Waals surface area contributed by atoms with Crippen molar-refractivity contribution in [3.05, 3.63) is 94.2 Å². The molecular weight excluding hydrogens is 636 g/mol. The first kappa shape index (κ1) is 36.1. The zero-order valence-corrected chi connectivity index (χ0v) is 27.9. The summed E-state index contributed by atoms with van der Waals surface area (Å²) in [7, 11) is 2.79. The summed E-state index contributed by atoms with van der Waals surface area (Å²) >= 11 is 0. The van der Waals surface area contributed by atoms with Crippen molar-refractivity contribution in [3.63, 3.8) is 0 Å². The van der Waals surface area contributed by atoms with Crippen LogP contribution in [-0.2, 0) is 20.9 Å². The van der Waals surface area contributed by atoms with Gasteiger partial charge in [0.1, 0.15) is 13.2 Å². The zero-order chi connectivity index (χ0) is 35.3. The summed E-state index contributed by atoms with van der Waals surface area (Å²) in [4.78, 5) is 36.5. The number of benzene rings is 3. The van der Waals surface area contributed by atoms with Crippen LogP contribution < -0.4 is 35.0 Å². The molecule has 0 bridgehead atoms. The van der Waals surface area contributed by atoms with Crippen LogP contribution in [0, 0.1) is 0 Å². The Balaban J connectivity index is 1.33. The van der Waals surface area contributed by atoms with Gasteiger partial charge in [0.25, 0.3) is 0 Å². The number of aliphatic hydroxyl groups excluding tert-OH is 1. The fourth-order valence-corrected chi connectivity index (χ4v) is 4.82. The smallest absolute Gasteiger partial charge is 0.338 e. The van der Waals surface area contributed by atoms with Crippen LogP contribution >= 0.6 is 0 Å². The van der Waals surface area contributed by atoms with Gasteiger partial charge in [0, 0.05) is 5.70 Å². The van der Waals surface area contributed by atoms with E-state index in [1.165, 1.54) is 20.4 Å². The molecule has 260 valence electrons. The van der Waals surface area contributed by atoms with Crippen LogP contribution in [0.25, 0.3) is 0 Å². The van der Waals surface area contributed by atoms with Crippen LogP contribution in [0.1, 0.15) is 53.9 Å². The van der Waals surface area contributed by atoms with Gasteiger partial charge in [0.15, 0.2) is 29.2 Å². The number of allylic oxidation sites excluding steroid dienone is 1. The number of rotatable bonds is 16. The van der Waals surface area contributed by atoms with E-state index in [-0.39, 0.29) is 24.8 Å². The molecule has 3 aromatic rings. The van der Waals surface area contributed by atoms with E-state index in [1.807, 2.05) is 0 Å². The molecule has 14 nitrogen and oxygen atoms in total. The van der Waals surface area contributed by atoms with Crippen molar-refractivity contribution in [1.82, 2.24) is 16.1 Å². The maximum Gasteiger partial charge on any atom is 0.338 e. The molecule has 1 aliphatic rings. The summed E-state index contributed by atoms with van der Waals surface area (Å²) in [6.07, 6.45) is 0.330. The molecule has 3 aromatic carbocycles. The van der Waals surface area contributed by atoms with E-state index in [9.17, 15) is 19.5 Å². The number of urea groups is 1. The average Bonchev–Trinajstić information content (AvgIpc) is 3.10. The Hall–Kier alpha value is -5.76. The summed E-state index contributed by atoms with van der Waals surface area (Å²) in [5.41, 5.74) is 5.84. The number of aliphatic hydroxyl groups is 1. The second-order valence-corrected chi connectivity index (χ2v) is 10.5. The molecule has 0 radical (unpaired) electrons. The minimum absolute atomic E-state index is 0.176. The van der Waals surface area contributed by atoms with Gasteiger partial charge in [-0.05, 0) is 79.9 Å². The number of hydrogen-bond donors (Lipinski definition) is 4. The molecule has 2 atom stereocenters. The Morgan fingerprint density at radius 1 is 0.918 bits per heavy atom. The molecular formula is C35H40N4O10. The third-order valence-electron chi connectivity index (χ3n) is 7.16. The maximum absolute atomic E-state index is 12.5. The summed E-state index contributed by atoms with van der Waals surface area (Å²) in [5, 5.41) is 19.9. The lowest BCUT2D eigenvalue weighted by Crippen LogP contribution is -2.45. The number of hydrogen-bond acceptors (Lipinski definition) is 12. The Morgan fingerprint density at radius 3 is 2.35 bits per heavy atom. The van der Waals surface area contributed by atoms with Gasteiger partial charge in [-0.3, -0.25) is 5.43 Å². The minimum Gasteiger partial charge on any atom is -0.493 e. The topological polar surface area (TPSA) is 175 Å². The van der Waals surface area contributed by atoms with E-state index in [0.29, 0.717) is 58.6 Å². The van der Waals surface area contributed by atoms with E-state index in [4.69, 9.17) is 28.4 Å². The number of nitrogens with one attached hydrogen (secondary N) is 3. The quantitative estimate of drug-likeness (QED) is 0.0748. The number of carbonyl (C=O) groups is 3. The highest BCUT2D eigenvalue weighted by atomic mass is 16.5. The second-order valence-electron chi connectivity index (χ2n) is 10.5. The molecule has 1 heterocycles. The van der Waals surface area contributed by atoms with Crippen LogP contribution in [-0.4, -0.2) is 69.6 Å². The van der Waals surface area contributed by atoms with Gasteiger partial charge < -0.3 is 44.2 Å². The molecule has 0 aliphatic carbocycles. The number of carbonyl (C=O) groups excluding carboxylic acids is 3. The van der Waals surface area contributed by atoms with Crippen LogP contribution in [0.4, 0.5) is 4.79 Å². The highest BCUT2D eigenvalue weighted by molar-refractivity contribution is 5.95. The molecule has 0 saturated carbocycles. The summed E-state index contributed by atoms with van der Waals surface area (Å²) in [6, 6.07) is 16.0. The van der Waals surface area contributed by atoms with Gasteiger partial charge in [0.2, 0.25) is 0 Å². The number of methoxy groups -OCH3 is 2. The molecule has 49 heavy (non-hydrogen) atoms. The number of esters is 2. The molecule has 0 unspecified atom stereocenters. The lowest BCUT2D eigenvalue weighted by Gasteiger charge is -2.28. The van der Waals surface area contributed by atoms with Crippen molar-refractivity contribution < 1.29 is 47.9 Å². The van der Waals surface area contributed by atoms with Crippen molar-refractivity contribution in [2.24, 2.45) is 5.10 Å². The van der Waals surface area contributed by atoms with Crippen molar-refractivity contribution in [3.8, 4) is 23.0 Å². The standard InChI is InChI=1S/C35H40N4O10/c1-6-46-29-17-25(32-31(34(42)45-5)21(3)37-35(43)38-32)13-15-27(29)49-20-30(40)39-36-18-23-10-14-26(28(16-23)44-4)48-19-22-8-11-24(12-9-22)33(41)47-7-2/h8-18,30,32,39-40H,6-7,19-20H2,1-5H3,(H2,37,38,43)/b36-18+/t30-,32+/m0/s1. The molecule has 0 aromatic heterocycles. The summed E-state index contributed by atoms with van der Waals surface area (Å²) in [5.74, 6) is 0.737. The fourth-order valence-electron chi connectivity index (χ4n) is 4.82. The maximum atomic E-state index is 12.5. The first-order valence-corrected chi connectivity index (χ1v) is 15.5. The highest BCUT2D eigenvalue weighted by Gasteiger charge is 2.32. The first-order chi connectivity index (χ1) is 23.7. The van der Waals surface area contributed by atoms with Crippen LogP contribution in [0.3, 0.4) is 0 Å². The van der Waals surface area contributed by atoms with Gasteiger partial charge in [-0.15, -0.1) is 0 Å². The molecule has 0 fully saturated rings. The van der Waals surface area contributed by atoms with Crippen molar-refractivity contribution in [2.45, 2.75) is 39.6 Å². The number of ether oxygens (including phenoxy) is 6. The van der Waals surface area contributed by atoms with Gasteiger partial charge in [-0.25, -0.2) is 14.4 Å². The van der Waals surface area contributed by atoms with E-state index in [2.05, 4.69) is 21.2 Å². The Labute approximate surface area is 284 Å². The van der Waals surface area contributed by atoms with Gasteiger partial charge in [-0.1, -0.05) is 18.2 Å². The number of amides is 2. The second kappa shape index (κ2) is 17.4. The van der Waals surface area contributed by atoms with Gasteiger partial charge in [0.05, 0.1) is 50.8 Å². The van der Waals surface area contributed by atoms with Crippen LogP contribution in [0.5, 0.6) is 23.0 Å². The zero-order valence-electron chi connectivity index (χ0n) is 27.9. The molecule has 14 heteroatoms. The van der Waals surface area contributed by atoms with E-state index in [1.54, 1.807) is 81.4 Å². The lowest BCUT2D eigenvalue weighted by atomic mass is 9.95. The minimum atomic E-state index is -1.18. The fraction of sp³-hybridized carbons (Fsp3) is 0.314. The molecule has 1 aliphatic heterocycles. The third-order valence-corrected chi connectivity index (χ3v) is 7.16. The SMILES string of the molecule is CCOC(=O)c1ccc(COc2ccc(/C=N/N[C@@H](O)COc3ccc([C@H]4NC(=O)NC(C)=C4C(=O)OC)cc3OCC)cc2OC)cc1. The van der Waals surface area contributed by atoms with E-state index >= 15 is 0 Å². The molecule has 4 N–H and O–H groups in total. The summed E-state index contributed by atoms with van der Waals surface area (Å²) in [6.45, 7) is 5.89. The lowest BCUT2D eigenvalue weighted by molar-refractivity contribution is -0.136. The Morgan fingerprint density at radius 2 is 1.65 bits per heavy atom. The highest BCUT2D eigenvalue weighted by Crippen LogP contribution is 2.35. The summed E-state index contributed by atoms with van der Waals surface area (Å²) < 4.78 is 32.9. The Kier molecular flexibility index (Phi) is 12.8. The normalized spacial score (nSPS) is 14.7. The molecule has 2 amide bonds. The van der Waals surface area contributed by atoms with Gasteiger partial charge in [-0.2, -0.15) is 5.10 Å². The molecule has 4 rings (SSSR count). The molecule has 0 spiro atoms. The number of hydrazone groups is 1. The predicted octanol–water partition coefficient (Wildman–Crippen LogP) is 3.97. The largest absolute Gasteiger partial charge is 0.493 e. The van der Waals surface area contributed by atoms with Crippen molar-refractivity contribution >= 4 is 24.2 Å². The Bertz CT molecular complexity index is 1690. The third kappa shape index (κ3) is 9.64. The number of nitrogens with zero attached hydrogens (tertiary/aromatic N) is 1. The monoisotopic (exact) mass is 676 g/mol.